The van der Waals surface area contributed by atoms with Crippen LogP contribution in [0.1, 0.15) is 10.6 Å². The average molecular weight is 149 g/mol. The molecule has 0 saturated heterocycles. The second kappa shape index (κ2) is 3.47. The van der Waals surface area contributed by atoms with Crippen molar-refractivity contribution in [2.24, 2.45) is 0 Å². The SMILES string of the molecule is C#CCNC(=O)c1ccco1. The topological polar surface area (TPSA) is 42.2 Å². The number of carbonyl (C=O) groups excluding carboxylic acids is 1. The summed E-state index contributed by atoms with van der Waals surface area (Å²) in [7, 11) is 0. The van der Waals surface area contributed by atoms with Crippen LogP contribution in [0.3, 0.4) is 0 Å². The highest BCUT2D eigenvalue weighted by atomic mass is 16.3. The average Bonchev–Trinajstić information content (AvgIpc) is 2.52. The molecule has 0 unspecified atom stereocenters. The Morgan fingerprint density at radius 3 is 3.18 bits per heavy atom. The molecule has 1 rings (SSSR count). The van der Waals surface area contributed by atoms with E-state index in [9.17, 15) is 4.79 Å². The van der Waals surface area contributed by atoms with Gasteiger partial charge >= 0.3 is 0 Å². The van der Waals surface area contributed by atoms with Crippen molar-refractivity contribution in [3.05, 3.63) is 24.2 Å². The first kappa shape index (κ1) is 7.42. The van der Waals surface area contributed by atoms with Crippen LogP contribution >= 0.6 is 0 Å². The molecule has 1 amide bonds. The van der Waals surface area contributed by atoms with Gasteiger partial charge < -0.3 is 9.73 Å². The van der Waals surface area contributed by atoms with Crippen LogP contribution in [0, 0.1) is 12.3 Å². The van der Waals surface area contributed by atoms with E-state index in [0.29, 0.717) is 0 Å². The molecule has 0 atom stereocenters. The number of furan rings is 1. The molecule has 1 aromatic heterocycles. The maximum atomic E-state index is 11.0. The van der Waals surface area contributed by atoms with Crippen molar-refractivity contribution in [2.45, 2.75) is 0 Å². The van der Waals surface area contributed by atoms with Gasteiger partial charge in [0.1, 0.15) is 0 Å². The Morgan fingerprint density at radius 1 is 1.82 bits per heavy atom. The first-order valence-electron chi connectivity index (χ1n) is 3.10. The number of hydrogen-bond donors (Lipinski definition) is 1. The van der Waals surface area contributed by atoms with E-state index in [0.717, 1.165) is 0 Å². The highest BCUT2D eigenvalue weighted by Gasteiger charge is 2.04. The van der Waals surface area contributed by atoms with Gasteiger partial charge in [-0.15, -0.1) is 6.42 Å². The molecule has 0 aliphatic heterocycles. The lowest BCUT2D eigenvalue weighted by Gasteiger charge is -1.94. The van der Waals surface area contributed by atoms with E-state index >= 15 is 0 Å². The van der Waals surface area contributed by atoms with Crippen molar-refractivity contribution in [3.63, 3.8) is 0 Å². The maximum Gasteiger partial charge on any atom is 0.287 e. The fourth-order valence-electron chi connectivity index (χ4n) is 0.626. The van der Waals surface area contributed by atoms with E-state index < -0.39 is 0 Å². The molecule has 0 bridgehead atoms. The van der Waals surface area contributed by atoms with Crippen LogP contribution in [0.5, 0.6) is 0 Å². The molecular weight excluding hydrogens is 142 g/mol. The van der Waals surface area contributed by atoms with Gasteiger partial charge in [-0.2, -0.15) is 0 Å². The molecule has 0 aliphatic rings. The van der Waals surface area contributed by atoms with Gasteiger partial charge in [-0.05, 0) is 12.1 Å². The highest BCUT2D eigenvalue weighted by Crippen LogP contribution is 1.98. The van der Waals surface area contributed by atoms with Crippen LogP contribution in [0.4, 0.5) is 0 Å². The third-order valence-electron chi connectivity index (χ3n) is 1.10. The number of amides is 1. The van der Waals surface area contributed by atoms with Crippen molar-refractivity contribution in [2.75, 3.05) is 6.54 Å². The van der Waals surface area contributed by atoms with Crippen LogP contribution in [-0.4, -0.2) is 12.5 Å². The zero-order valence-electron chi connectivity index (χ0n) is 5.83. The second-order valence-electron chi connectivity index (χ2n) is 1.86. The summed E-state index contributed by atoms with van der Waals surface area (Å²) >= 11 is 0. The third-order valence-corrected chi connectivity index (χ3v) is 1.10. The minimum absolute atomic E-state index is 0.222. The lowest BCUT2D eigenvalue weighted by Crippen LogP contribution is -2.22. The van der Waals surface area contributed by atoms with Crippen molar-refractivity contribution in [1.82, 2.24) is 5.32 Å². The smallest absolute Gasteiger partial charge is 0.287 e. The summed E-state index contributed by atoms with van der Waals surface area (Å²) in [6, 6.07) is 3.22. The lowest BCUT2D eigenvalue weighted by atomic mass is 10.4. The van der Waals surface area contributed by atoms with Gasteiger partial charge in [0.15, 0.2) is 5.76 Å². The number of nitrogens with one attached hydrogen (secondary N) is 1. The summed E-state index contributed by atoms with van der Waals surface area (Å²) in [5.74, 6) is 2.28. The van der Waals surface area contributed by atoms with Crippen LogP contribution < -0.4 is 5.32 Å². The number of terminal acetylenes is 1. The van der Waals surface area contributed by atoms with Gasteiger partial charge in [-0.25, -0.2) is 0 Å². The fraction of sp³-hybridized carbons (Fsp3) is 0.125. The van der Waals surface area contributed by atoms with Crippen molar-refractivity contribution in [3.8, 4) is 12.3 Å². The summed E-state index contributed by atoms with van der Waals surface area (Å²) in [6.45, 7) is 0.222. The van der Waals surface area contributed by atoms with Crippen LogP contribution in [0.15, 0.2) is 22.8 Å². The van der Waals surface area contributed by atoms with Gasteiger partial charge in [-0.3, -0.25) is 4.79 Å². The van der Waals surface area contributed by atoms with Crippen molar-refractivity contribution in [1.29, 1.82) is 0 Å². The summed E-state index contributed by atoms with van der Waals surface area (Å²) in [5, 5.41) is 2.47. The summed E-state index contributed by atoms with van der Waals surface area (Å²) in [5.41, 5.74) is 0. The van der Waals surface area contributed by atoms with Gasteiger partial charge in [0.2, 0.25) is 0 Å². The van der Waals surface area contributed by atoms with Gasteiger partial charge in [0, 0.05) is 0 Å². The van der Waals surface area contributed by atoms with E-state index in [2.05, 4.69) is 11.2 Å². The lowest BCUT2D eigenvalue weighted by molar-refractivity contribution is 0.0931. The van der Waals surface area contributed by atoms with Crippen molar-refractivity contribution < 1.29 is 9.21 Å². The van der Waals surface area contributed by atoms with Gasteiger partial charge in [-0.1, -0.05) is 5.92 Å². The molecular formula is C8H7NO2. The molecule has 1 heterocycles. The van der Waals surface area contributed by atoms with Gasteiger partial charge in [0.05, 0.1) is 12.8 Å². The Kier molecular flexibility index (Phi) is 2.34. The van der Waals surface area contributed by atoms with E-state index in [4.69, 9.17) is 10.8 Å². The van der Waals surface area contributed by atoms with Crippen LogP contribution in [-0.2, 0) is 0 Å². The second-order valence-corrected chi connectivity index (χ2v) is 1.86. The monoisotopic (exact) mass is 149 g/mol. The molecule has 56 valence electrons. The fourth-order valence-corrected chi connectivity index (χ4v) is 0.626. The molecule has 0 aromatic carbocycles. The largest absolute Gasteiger partial charge is 0.459 e. The van der Waals surface area contributed by atoms with Crippen LogP contribution in [0.2, 0.25) is 0 Å². The number of carbonyl (C=O) groups is 1. The standard InChI is InChI=1S/C8H7NO2/c1-2-5-9-8(10)7-4-3-6-11-7/h1,3-4,6H,5H2,(H,9,10). The molecule has 0 aliphatic carbocycles. The first-order valence-corrected chi connectivity index (χ1v) is 3.10. The zero-order valence-corrected chi connectivity index (χ0v) is 5.83. The first-order chi connectivity index (χ1) is 5.34. The minimum Gasteiger partial charge on any atom is -0.459 e. The van der Waals surface area contributed by atoms with E-state index in [1.807, 2.05) is 0 Å². The molecule has 0 spiro atoms. The summed E-state index contributed by atoms with van der Waals surface area (Å²) in [4.78, 5) is 11.0. The molecule has 3 nitrogen and oxygen atoms in total. The van der Waals surface area contributed by atoms with E-state index in [-0.39, 0.29) is 18.2 Å². The number of hydrogen-bond acceptors (Lipinski definition) is 2. The predicted molar refractivity (Wildman–Crippen MR) is 39.9 cm³/mol. The number of rotatable bonds is 2. The molecule has 11 heavy (non-hydrogen) atoms. The van der Waals surface area contributed by atoms with Crippen molar-refractivity contribution >= 4 is 5.91 Å². The van der Waals surface area contributed by atoms with Crippen LogP contribution in [0.25, 0.3) is 0 Å². The Labute approximate surface area is 64.4 Å². The summed E-state index contributed by atoms with van der Waals surface area (Å²) in [6.07, 6.45) is 6.37. The molecule has 0 fully saturated rings. The summed E-state index contributed by atoms with van der Waals surface area (Å²) < 4.78 is 4.81. The minimum atomic E-state index is -0.284. The molecule has 0 radical (unpaired) electrons. The maximum absolute atomic E-state index is 11.0. The quantitative estimate of drug-likeness (QED) is 0.627. The molecule has 0 saturated carbocycles. The van der Waals surface area contributed by atoms with E-state index in [1.54, 1.807) is 12.1 Å². The highest BCUT2D eigenvalue weighted by molar-refractivity contribution is 5.91. The molecule has 1 N–H and O–H groups in total. The normalized spacial score (nSPS) is 8.64. The van der Waals surface area contributed by atoms with Gasteiger partial charge in [0.25, 0.3) is 5.91 Å². The Bertz CT molecular complexity index is 269. The Balaban J connectivity index is 2.51. The molecule has 3 heteroatoms. The zero-order chi connectivity index (χ0) is 8.10. The van der Waals surface area contributed by atoms with E-state index in [1.165, 1.54) is 6.26 Å². The molecule has 1 aromatic rings. The Morgan fingerprint density at radius 2 is 2.64 bits per heavy atom. The third kappa shape index (κ3) is 1.87. The Hall–Kier alpha value is -1.69. The predicted octanol–water partition coefficient (Wildman–Crippen LogP) is 0.643.